The number of hydrogen-bond donors (Lipinski definition) is 2. The molecule has 0 aromatic heterocycles. The smallest absolute Gasteiger partial charge is 0.262 e. The van der Waals surface area contributed by atoms with E-state index >= 15 is 0 Å². The lowest BCUT2D eigenvalue weighted by Crippen LogP contribution is -2.23. The van der Waals surface area contributed by atoms with Crippen molar-refractivity contribution in [3.8, 4) is 11.5 Å². The van der Waals surface area contributed by atoms with Crippen LogP contribution in [0, 0.1) is 0 Å². The number of ether oxygens (including phenoxy) is 2. The summed E-state index contributed by atoms with van der Waals surface area (Å²) in [4.78, 5) is 37.8. The number of rotatable bonds is 9. The monoisotopic (exact) mass is 461 g/mol. The fourth-order valence-corrected chi connectivity index (χ4v) is 3.09. The maximum absolute atomic E-state index is 12.6. The fraction of sp³-hybridized carbons (Fsp3) is 0.192. The van der Waals surface area contributed by atoms with E-state index in [0.717, 1.165) is 5.56 Å². The lowest BCUT2D eigenvalue weighted by atomic mass is 10.1. The van der Waals surface area contributed by atoms with E-state index in [1.165, 1.54) is 6.92 Å². The van der Waals surface area contributed by atoms with Gasteiger partial charge >= 0.3 is 0 Å². The summed E-state index contributed by atoms with van der Waals surface area (Å²) in [5, 5.41) is 5.59. The van der Waals surface area contributed by atoms with E-state index in [-0.39, 0.29) is 24.3 Å². The summed E-state index contributed by atoms with van der Waals surface area (Å²) in [5.41, 5.74) is 2.59. The number of hydrogen-bond acceptors (Lipinski definition) is 5. The van der Waals surface area contributed by atoms with Gasteiger partial charge in [-0.1, -0.05) is 18.2 Å². The van der Waals surface area contributed by atoms with E-state index in [2.05, 4.69) is 10.6 Å². The van der Waals surface area contributed by atoms with Crippen molar-refractivity contribution >= 4 is 29.1 Å². The molecule has 3 aromatic rings. The number of carbonyl (C=O) groups excluding carboxylic acids is 3. The molecule has 0 radical (unpaired) electrons. The van der Waals surface area contributed by atoms with Crippen molar-refractivity contribution in [1.29, 1.82) is 0 Å². The topological polar surface area (TPSA) is 97.0 Å². The molecule has 0 aliphatic heterocycles. The van der Waals surface area contributed by atoms with Crippen molar-refractivity contribution in [3.63, 3.8) is 0 Å². The maximum Gasteiger partial charge on any atom is 0.262 e. The van der Waals surface area contributed by atoms with Crippen molar-refractivity contribution in [1.82, 2.24) is 4.90 Å². The van der Waals surface area contributed by atoms with Crippen molar-refractivity contribution < 1.29 is 23.9 Å². The summed E-state index contributed by atoms with van der Waals surface area (Å²) in [6.07, 6.45) is 0. The number of carbonyl (C=O) groups is 3. The van der Waals surface area contributed by atoms with Gasteiger partial charge in [0.1, 0.15) is 11.5 Å². The predicted molar refractivity (Wildman–Crippen MR) is 130 cm³/mol. The Hall–Kier alpha value is -4.33. The summed E-state index contributed by atoms with van der Waals surface area (Å²) in [5.74, 6) is 0.480. The van der Waals surface area contributed by atoms with Crippen LogP contribution in [0.25, 0.3) is 0 Å². The molecule has 0 bridgehead atoms. The van der Waals surface area contributed by atoms with Gasteiger partial charge in [0.2, 0.25) is 5.91 Å². The van der Waals surface area contributed by atoms with E-state index in [1.54, 1.807) is 73.7 Å². The molecule has 176 valence electrons. The molecule has 0 heterocycles. The molecule has 0 aliphatic rings. The minimum Gasteiger partial charge on any atom is -0.497 e. The Balaban J connectivity index is 1.52. The van der Waals surface area contributed by atoms with Gasteiger partial charge in [0, 0.05) is 43.5 Å². The summed E-state index contributed by atoms with van der Waals surface area (Å²) in [6.45, 7) is 1.78. The molecule has 8 nitrogen and oxygen atoms in total. The van der Waals surface area contributed by atoms with Crippen molar-refractivity contribution in [2.45, 2.75) is 13.5 Å². The Labute approximate surface area is 198 Å². The SMILES string of the molecule is COc1cccc(NC(=O)COc2ccc(C(=O)Nc3cccc(CN(C)C(C)=O)c3)cc2)c1. The van der Waals surface area contributed by atoms with Crippen LogP contribution >= 0.6 is 0 Å². The number of nitrogens with one attached hydrogen (secondary N) is 2. The van der Waals surface area contributed by atoms with Gasteiger partial charge in [-0.05, 0) is 54.1 Å². The van der Waals surface area contributed by atoms with E-state index in [9.17, 15) is 14.4 Å². The maximum atomic E-state index is 12.6. The fourth-order valence-electron chi connectivity index (χ4n) is 3.09. The zero-order chi connectivity index (χ0) is 24.5. The van der Waals surface area contributed by atoms with E-state index in [4.69, 9.17) is 9.47 Å². The standard InChI is InChI=1S/C26H27N3O5/c1-18(30)29(2)16-19-6-4-7-21(14-19)28-26(32)20-10-12-23(13-11-20)34-17-25(31)27-22-8-5-9-24(15-22)33-3/h4-15H,16-17H2,1-3H3,(H,27,31)(H,28,32). The molecular formula is C26H27N3O5. The van der Waals surface area contributed by atoms with Gasteiger partial charge in [-0.15, -0.1) is 0 Å². The molecular weight excluding hydrogens is 434 g/mol. The Bertz CT molecular complexity index is 1160. The second-order valence-electron chi connectivity index (χ2n) is 7.62. The van der Waals surface area contributed by atoms with Crippen LogP contribution in [0.5, 0.6) is 11.5 Å². The molecule has 34 heavy (non-hydrogen) atoms. The first-order chi connectivity index (χ1) is 16.3. The molecule has 0 aliphatic carbocycles. The highest BCUT2D eigenvalue weighted by molar-refractivity contribution is 6.04. The quantitative estimate of drug-likeness (QED) is 0.503. The molecule has 3 aromatic carbocycles. The number of nitrogens with zero attached hydrogens (tertiary/aromatic N) is 1. The van der Waals surface area contributed by atoms with E-state index in [1.807, 2.05) is 18.2 Å². The van der Waals surface area contributed by atoms with Crippen LogP contribution in [0.4, 0.5) is 11.4 Å². The molecule has 0 unspecified atom stereocenters. The van der Waals surface area contributed by atoms with Gasteiger partial charge < -0.3 is 25.0 Å². The molecule has 0 fully saturated rings. The highest BCUT2D eigenvalue weighted by Gasteiger charge is 2.10. The third-order valence-electron chi connectivity index (χ3n) is 4.98. The van der Waals surface area contributed by atoms with E-state index in [0.29, 0.717) is 35.0 Å². The largest absolute Gasteiger partial charge is 0.497 e. The van der Waals surface area contributed by atoms with Gasteiger partial charge in [-0.2, -0.15) is 0 Å². The van der Waals surface area contributed by atoms with Crippen molar-refractivity contribution in [3.05, 3.63) is 83.9 Å². The molecule has 0 saturated heterocycles. The number of anilines is 2. The highest BCUT2D eigenvalue weighted by atomic mass is 16.5. The summed E-state index contributed by atoms with van der Waals surface area (Å²) in [6, 6.07) is 20.9. The second-order valence-corrected chi connectivity index (χ2v) is 7.62. The minimum absolute atomic E-state index is 0.0328. The predicted octanol–water partition coefficient (Wildman–Crippen LogP) is 3.94. The van der Waals surface area contributed by atoms with E-state index < -0.39 is 0 Å². The van der Waals surface area contributed by atoms with Crippen molar-refractivity contribution in [2.75, 3.05) is 31.4 Å². The van der Waals surface area contributed by atoms with Crippen LogP contribution in [-0.2, 0) is 16.1 Å². The number of amides is 3. The first kappa shape index (κ1) is 24.3. The Morgan fingerprint density at radius 1 is 0.853 bits per heavy atom. The van der Waals surface area contributed by atoms with Gasteiger partial charge in [0.15, 0.2) is 6.61 Å². The Morgan fingerprint density at radius 2 is 1.53 bits per heavy atom. The lowest BCUT2D eigenvalue weighted by Gasteiger charge is -2.15. The van der Waals surface area contributed by atoms with Crippen LogP contribution in [0.15, 0.2) is 72.8 Å². The van der Waals surface area contributed by atoms with Gasteiger partial charge in [-0.25, -0.2) is 0 Å². The van der Waals surface area contributed by atoms with Gasteiger partial charge in [0.05, 0.1) is 7.11 Å². The van der Waals surface area contributed by atoms with Gasteiger partial charge in [0.25, 0.3) is 11.8 Å². The number of benzene rings is 3. The molecule has 2 N–H and O–H groups in total. The summed E-state index contributed by atoms with van der Waals surface area (Å²) >= 11 is 0. The van der Waals surface area contributed by atoms with Crippen LogP contribution in [0.3, 0.4) is 0 Å². The Kier molecular flexibility index (Phi) is 8.23. The lowest BCUT2D eigenvalue weighted by molar-refractivity contribution is -0.128. The van der Waals surface area contributed by atoms with Crippen LogP contribution < -0.4 is 20.1 Å². The van der Waals surface area contributed by atoms with Crippen LogP contribution in [0.1, 0.15) is 22.8 Å². The van der Waals surface area contributed by atoms with Crippen molar-refractivity contribution in [2.24, 2.45) is 0 Å². The zero-order valence-corrected chi connectivity index (χ0v) is 19.3. The average Bonchev–Trinajstić information content (AvgIpc) is 2.83. The van der Waals surface area contributed by atoms with Crippen LogP contribution in [0.2, 0.25) is 0 Å². The summed E-state index contributed by atoms with van der Waals surface area (Å²) < 4.78 is 10.6. The minimum atomic E-state index is -0.314. The third kappa shape index (κ3) is 7.09. The third-order valence-corrected chi connectivity index (χ3v) is 4.98. The summed E-state index contributed by atoms with van der Waals surface area (Å²) in [7, 11) is 3.28. The normalized spacial score (nSPS) is 10.2. The zero-order valence-electron chi connectivity index (χ0n) is 19.3. The molecule has 0 spiro atoms. The molecule has 3 rings (SSSR count). The first-order valence-electron chi connectivity index (χ1n) is 10.6. The molecule has 0 atom stereocenters. The average molecular weight is 462 g/mol. The number of methoxy groups -OCH3 is 1. The Morgan fingerprint density at radius 3 is 2.21 bits per heavy atom. The highest BCUT2D eigenvalue weighted by Crippen LogP contribution is 2.18. The molecule has 8 heteroatoms. The molecule has 0 saturated carbocycles. The molecule has 3 amide bonds. The van der Waals surface area contributed by atoms with Gasteiger partial charge in [-0.3, -0.25) is 14.4 Å². The van der Waals surface area contributed by atoms with Crippen LogP contribution in [-0.4, -0.2) is 43.4 Å². The first-order valence-corrected chi connectivity index (χ1v) is 10.6. The second kappa shape index (κ2) is 11.5.